The number of rotatable bonds is 8. The zero-order valence-electron chi connectivity index (χ0n) is 22.0. The van der Waals surface area contributed by atoms with Crippen LogP contribution in [-0.2, 0) is 24.1 Å². The molecule has 1 amide bonds. The highest BCUT2D eigenvalue weighted by atomic mass is 35.5. The number of benzene rings is 2. The van der Waals surface area contributed by atoms with E-state index in [0.717, 1.165) is 16.3 Å². The van der Waals surface area contributed by atoms with Crippen LogP contribution in [-0.4, -0.2) is 50.7 Å². The van der Waals surface area contributed by atoms with Gasteiger partial charge in [-0.3, -0.25) is 4.79 Å². The standard InChI is InChI=1S/C27H23Cl2F3N8O2/c1-42-16-4-2-14(3-5-16)10-38(13-23-35-19-6-17(28)18(29)7-20(19)36-23)21-8-24(39-11-15(12-39)25(33)41)37-40-22(27(30,31)32)9-34-26(21)40/h2-9,15H,10-13H2,1H3,(H2,33,41)(H,35,36). The summed E-state index contributed by atoms with van der Waals surface area (Å²) in [6.45, 7) is 0.923. The van der Waals surface area contributed by atoms with Gasteiger partial charge in [0.1, 0.15) is 11.6 Å². The van der Waals surface area contributed by atoms with Gasteiger partial charge in [0, 0.05) is 25.7 Å². The number of imidazole rings is 2. The molecule has 0 bridgehead atoms. The molecule has 3 N–H and O–H groups in total. The molecule has 10 nitrogen and oxygen atoms in total. The number of nitrogens with two attached hydrogens (primary N) is 1. The SMILES string of the molecule is COc1ccc(CN(Cc2nc3cc(Cl)c(Cl)cc3[nH]2)c2cc(N3CC(C(N)=O)C3)nn3c(C(F)(F)F)cnc23)cc1. The van der Waals surface area contributed by atoms with Gasteiger partial charge in [0.2, 0.25) is 5.91 Å². The van der Waals surface area contributed by atoms with Crippen LogP contribution in [0.15, 0.2) is 48.7 Å². The molecule has 0 unspecified atom stereocenters. The Kier molecular flexibility index (Phi) is 7.01. The average molecular weight is 619 g/mol. The molecule has 1 fully saturated rings. The predicted molar refractivity (Wildman–Crippen MR) is 152 cm³/mol. The van der Waals surface area contributed by atoms with E-state index in [2.05, 4.69) is 20.1 Å². The molecule has 4 heterocycles. The summed E-state index contributed by atoms with van der Waals surface area (Å²) in [5, 5.41) is 4.97. The monoisotopic (exact) mass is 618 g/mol. The van der Waals surface area contributed by atoms with Gasteiger partial charge in [0.25, 0.3) is 0 Å². The number of anilines is 2. The Balaban J connectivity index is 1.47. The number of nitrogens with zero attached hydrogens (tertiary/aromatic N) is 6. The molecule has 0 radical (unpaired) electrons. The van der Waals surface area contributed by atoms with E-state index < -0.39 is 23.7 Å². The van der Waals surface area contributed by atoms with Crippen molar-refractivity contribution in [1.29, 1.82) is 0 Å². The highest BCUT2D eigenvalue weighted by Gasteiger charge is 2.38. The van der Waals surface area contributed by atoms with Crippen molar-refractivity contribution in [3.63, 3.8) is 0 Å². The normalized spacial score (nSPS) is 14.0. The van der Waals surface area contributed by atoms with E-state index in [-0.39, 0.29) is 37.6 Å². The second-order valence-electron chi connectivity index (χ2n) is 9.94. The number of nitrogens with one attached hydrogen (secondary N) is 1. The number of hydrogen-bond donors (Lipinski definition) is 2. The molecule has 42 heavy (non-hydrogen) atoms. The number of halogens is 5. The quantitative estimate of drug-likeness (QED) is 0.249. The third-order valence-corrected chi connectivity index (χ3v) is 7.84. The van der Waals surface area contributed by atoms with Crippen LogP contribution in [0.1, 0.15) is 17.1 Å². The van der Waals surface area contributed by atoms with Crippen molar-refractivity contribution in [2.45, 2.75) is 19.3 Å². The van der Waals surface area contributed by atoms with E-state index in [4.69, 9.17) is 33.7 Å². The molecular weight excluding hydrogens is 596 g/mol. The molecule has 5 aromatic rings. The van der Waals surface area contributed by atoms with Crippen molar-refractivity contribution < 1.29 is 22.7 Å². The number of ether oxygens (including phenoxy) is 1. The number of methoxy groups -OCH3 is 1. The minimum absolute atomic E-state index is 0.00811. The first kappa shape index (κ1) is 27.9. The first-order valence-corrected chi connectivity index (χ1v) is 13.5. The molecular formula is C27H23Cl2F3N8O2. The molecule has 6 rings (SSSR count). The number of primary amides is 1. The lowest BCUT2D eigenvalue weighted by atomic mass is 10.00. The van der Waals surface area contributed by atoms with Gasteiger partial charge in [-0.2, -0.15) is 13.2 Å². The topological polar surface area (TPSA) is 118 Å². The van der Waals surface area contributed by atoms with Crippen LogP contribution in [0.3, 0.4) is 0 Å². The van der Waals surface area contributed by atoms with Crippen LogP contribution in [0.2, 0.25) is 10.0 Å². The molecule has 1 aliphatic rings. The fourth-order valence-electron chi connectivity index (χ4n) is 4.86. The van der Waals surface area contributed by atoms with Gasteiger partial charge in [-0.25, -0.2) is 14.5 Å². The number of H-pyrrole nitrogens is 1. The summed E-state index contributed by atoms with van der Waals surface area (Å²) in [7, 11) is 1.56. The maximum atomic E-state index is 14.0. The van der Waals surface area contributed by atoms with Crippen LogP contribution >= 0.6 is 23.2 Å². The van der Waals surface area contributed by atoms with E-state index >= 15 is 0 Å². The zero-order valence-corrected chi connectivity index (χ0v) is 23.5. The number of carbonyl (C=O) groups is 1. The van der Waals surface area contributed by atoms with E-state index in [1.54, 1.807) is 42.3 Å². The van der Waals surface area contributed by atoms with Crippen LogP contribution in [0.5, 0.6) is 5.75 Å². The highest BCUT2D eigenvalue weighted by molar-refractivity contribution is 6.42. The van der Waals surface area contributed by atoms with Gasteiger partial charge in [0.05, 0.1) is 52.5 Å². The second-order valence-corrected chi connectivity index (χ2v) is 10.8. The van der Waals surface area contributed by atoms with Crippen LogP contribution < -0.4 is 20.3 Å². The molecule has 1 aliphatic heterocycles. The van der Waals surface area contributed by atoms with E-state index in [1.165, 1.54) is 0 Å². The van der Waals surface area contributed by atoms with Gasteiger partial charge in [-0.1, -0.05) is 35.3 Å². The summed E-state index contributed by atoms with van der Waals surface area (Å²) in [4.78, 5) is 27.2. The minimum atomic E-state index is -4.70. The average Bonchev–Trinajstić information content (AvgIpc) is 3.51. The summed E-state index contributed by atoms with van der Waals surface area (Å²) in [6, 6.07) is 12.3. The molecule has 1 saturated heterocycles. The third-order valence-electron chi connectivity index (χ3n) is 7.12. The third kappa shape index (κ3) is 5.25. The second kappa shape index (κ2) is 10.6. The van der Waals surface area contributed by atoms with Gasteiger partial charge in [-0.05, 0) is 29.8 Å². The molecule has 2 aromatic carbocycles. The van der Waals surface area contributed by atoms with Crippen molar-refractivity contribution in [3.05, 3.63) is 75.8 Å². The number of aromatic nitrogens is 5. The van der Waals surface area contributed by atoms with E-state index in [0.29, 0.717) is 38.3 Å². The van der Waals surface area contributed by atoms with Crippen LogP contribution in [0.25, 0.3) is 16.7 Å². The number of fused-ring (bicyclic) bond motifs is 2. The first-order chi connectivity index (χ1) is 20.0. The molecule has 15 heteroatoms. The predicted octanol–water partition coefficient (Wildman–Crippen LogP) is 5.07. The summed E-state index contributed by atoms with van der Waals surface area (Å²) < 4.78 is 48.0. The first-order valence-electron chi connectivity index (χ1n) is 12.7. The zero-order chi connectivity index (χ0) is 29.8. The molecule has 0 spiro atoms. The largest absolute Gasteiger partial charge is 0.497 e. The smallest absolute Gasteiger partial charge is 0.435 e. The van der Waals surface area contributed by atoms with Crippen molar-refractivity contribution >= 4 is 57.3 Å². The lowest BCUT2D eigenvalue weighted by molar-refractivity contribution is -0.142. The number of amides is 1. The molecule has 218 valence electrons. The maximum Gasteiger partial charge on any atom is 0.435 e. The summed E-state index contributed by atoms with van der Waals surface area (Å²) in [6.07, 6.45) is -3.94. The Morgan fingerprint density at radius 1 is 1.14 bits per heavy atom. The fourth-order valence-corrected chi connectivity index (χ4v) is 5.18. The number of alkyl halides is 3. The fraction of sp³-hybridized carbons (Fsp3) is 0.259. The Bertz CT molecular complexity index is 1760. The lowest BCUT2D eigenvalue weighted by Crippen LogP contribution is -2.53. The van der Waals surface area contributed by atoms with Crippen molar-refractivity contribution in [1.82, 2.24) is 24.6 Å². The minimum Gasteiger partial charge on any atom is -0.497 e. The summed E-state index contributed by atoms with van der Waals surface area (Å²) in [5.74, 6) is 0.544. The number of hydrogen-bond acceptors (Lipinski definition) is 7. The summed E-state index contributed by atoms with van der Waals surface area (Å²) >= 11 is 12.4. The Hall–Kier alpha value is -4.23. The van der Waals surface area contributed by atoms with Gasteiger partial charge < -0.3 is 25.3 Å². The lowest BCUT2D eigenvalue weighted by Gasteiger charge is -2.38. The van der Waals surface area contributed by atoms with E-state index in [9.17, 15) is 18.0 Å². The highest BCUT2D eigenvalue weighted by Crippen LogP contribution is 2.36. The van der Waals surface area contributed by atoms with Gasteiger partial charge in [0.15, 0.2) is 17.2 Å². The van der Waals surface area contributed by atoms with Gasteiger partial charge >= 0.3 is 6.18 Å². The maximum absolute atomic E-state index is 14.0. The van der Waals surface area contributed by atoms with Crippen LogP contribution in [0.4, 0.5) is 24.7 Å². The van der Waals surface area contributed by atoms with Crippen LogP contribution in [0, 0.1) is 5.92 Å². The van der Waals surface area contributed by atoms with E-state index in [1.807, 2.05) is 17.0 Å². The van der Waals surface area contributed by atoms with Crippen molar-refractivity contribution in [2.24, 2.45) is 11.7 Å². The number of carbonyl (C=O) groups excluding carboxylic acids is 1. The van der Waals surface area contributed by atoms with Crippen molar-refractivity contribution in [3.8, 4) is 5.75 Å². The number of aromatic amines is 1. The molecule has 0 atom stereocenters. The Labute approximate surface area is 246 Å². The molecule has 0 aliphatic carbocycles. The summed E-state index contributed by atoms with van der Waals surface area (Å²) in [5.41, 5.74) is 6.88. The Morgan fingerprint density at radius 3 is 2.52 bits per heavy atom. The molecule has 0 saturated carbocycles. The Morgan fingerprint density at radius 2 is 1.86 bits per heavy atom. The van der Waals surface area contributed by atoms with Gasteiger partial charge in [-0.15, -0.1) is 5.10 Å². The molecule has 3 aromatic heterocycles. The van der Waals surface area contributed by atoms with Crippen molar-refractivity contribution in [2.75, 3.05) is 30.0 Å².